The summed E-state index contributed by atoms with van der Waals surface area (Å²) in [5, 5.41) is 0. The molecule has 0 radical (unpaired) electrons. The molecule has 2 aromatic carbocycles. The Hall–Kier alpha value is -3.53. The standard InChI is InChI=1S/C14H18O.C13H16O2.C12H15N/c1-14(2,3)12-6-4-10-5-7-13(15)9-11(10)8-12;1-13(2,3)10-4-5-12-9(6-10)7-11(14)8-15-12;1-12(2,3)10-7-9-5-4-6-11(9)13-8-10/h4,6,8H,5,7,9H2,1-3H3;4-6H,7-8H2,1-3H3;4,6-8H,5H2,1-3H3. The third kappa shape index (κ3) is 8.53. The predicted octanol–water partition coefficient (Wildman–Crippen LogP) is 8.48. The Kier molecular flexibility index (Phi) is 9.49. The minimum absolute atomic E-state index is 0.121. The van der Waals surface area contributed by atoms with Crippen molar-refractivity contribution < 1.29 is 14.3 Å². The highest BCUT2D eigenvalue weighted by molar-refractivity contribution is 5.84. The number of hydrogen-bond donors (Lipinski definition) is 0. The molecule has 43 heavy (non-hydrogen) atoms. The van der Waals surface area contributed by atoms with E-state index in [2.05, 4.69) is 116 Å². The van der Waals surface area contributed by atoms with Crippen molar-refractivity contribution in [1.82, 2.24) is 4.98 Å². The van der Waals surface area contributed by atoms with E-state index in [9.17, 15) is 9.59 Å². The monoisotopic (exact) mass is 579 g/mol. The Bertz CT molecular complexity index is 1440. The van der Waals surface area contributed by atoms with Crippen LogP contribution in [0, 0.1) is 0 Å². The molecule has 0 unspecified atom stereocenters. The molecule has 3 aromatic rings. The molecule has 0 spiro atoms. The average molecular weight is 580 g/mol. The van der Waals surface area contributed by atoms with Crippen LogP contribution in [-0.2, 0) is 51.5 Å². The van der Waals surface area contributed by atoms with Gasteiger partial charge in [-0.3, -0.25) is 14.6 Å². The molecular weight excluding hydrogens is 530 g/mol. The van der Waals surface area contributed by atoms with Crippen molar-refractivity contribution in [2.45, 2.75) is 111 Å². The molecule has 3 aliphatic rings. The lowest BCUT2D eigenvalue weighted by atomic mass is 9.82. The number of ketones is 2. The molecule has 0 bridgehead atoms. The number of carbonyl (C=O) groups excluding carboxylic acids is 2. The Morgan fingerprint density at radius 2 is 1.21 bits per heavy atom. The Balaban J connectivity index is 0.000000148. The largest absolute Gasteiger partial charge is 0.486 e. The minimum atomic E-state index is 0.121. The average Bonchev–Trinajstić information content (AvgIpc) is 3.40. The van der Waals surface area contributed by atoms with Gasteiger partial charge in [-0.15, -0.1) is 0 Å². The smallest absolute Gasteiger partial charge is 0.174 e. The Morgan fingerprint density at radius 3 is 1.86 bits per heavy atom. The first-order valence-corrected chi connectivity index (χ1v) is 15.6. The Labute approximate surface area is 259 Å². The molecule has 6 rings (SSSR count). The predicted molar refractivity (Wildman–Crippen MR) is 177 cm³/mol. The fraction of sp³-hybridized carbons (Fsp3) is 0.462. The minimum Gasteiger partial charge on any atom is -0.486 e. The molecule has 0 saturated heterocycles. The van der Waals surface area contributed by atoms with E-state index >= 15 is 0 Å². The summed E-state index contributed by atoms with van der Waals surface area (Å²) in [6.45, 7) is 20.0. The van der Waals surface area contributed by atoms with Gasteiger partial charge in [0.25, 0.3) is 0 Å². The lowest BCUT2D eigenvalue weighted by Crippen LogP contribution is -2.21. The number of hydrogen-bond acceptors (Lipinski definition) is 4. The van der Waals surface area contributed by atoms with Crippen molar-refractivity contribution in [3.63, 3.8) is 0 Å². The zero-order chi connectivity index (χ0) is 31.6. The summed E-state index contributed by atoms with van der Waals surface area (Å²) in [6.07, 6.45) is 10.1. The second kappa shape index (κ2) is 12.6. The van der Waals surface area contributed by atoms with Gasteiger partial charge in [-0.2, -0.15) is 0 Å². The fourth-order valence-corrected chi connectivity index (χ4v) is 5.36. The maximum atomic E-state index is 11.4. The van der Waals surface area contributed by atoms with Crippen LogP contribution in [0.25, 0.3) is 6.08 Å². The summed E-state index contributed by atoms with van der Waals surface area (Å²) >= 11 is 0. The van der Waals surface area contributed by atoms with Crippen molar-refractivity contribution in [2.75, 3.05) is 6.61 Å². The summed E-state index contributed by atoms with van der Waals surface area (Å²) in [7, 11) is 0. The number of ether oxygens (including phenoxy) is 1. The highest BCUT2D eigenvalue weighted by Gasteiger charge is 2.22. The van der Waals surface area contributed by atoms with E-state index in [0.717, 1.165) is 36.3 Å². The van der Waals surface area contributed by atoms with Gasteiger partial charge < -0.3 is 4.74 Å². The van der Waals surface area contributed by atoms with Crippen LogP contribution in [0.3, 0.4) is 0 Å². The zero-order valence-electron chi connectivity index (χ0n) is 27.7. The molecular formula is C39H49NO3. The van der Waals surface area contributed by atoms with Crippen LogP contribution in [0.2, 0.25) is 0 Å². The molecule has 1 aromatic heterocycles. The zero-order valence-corrected chi connectivity index (χ0v) is 27.7. The summed E-state index contributed by atoms with van der Waals surface area (Å²) < 4.78 is 5.35. The molecule has 228 valence electrons. The molecule has 0 fully saturated rings. The molecule has 2 aliphatic carbocycles. The summed E-state index contributed by atoms with van der Waals surface area (Å²) in [4.78, 5) is 27.1. The summed E-state index contributed by atoms with van der Waals surface area (Å²) in [5.41, 5.74) is 10.6. The second-order valence-electron chi connectivity index (χ2n) is 15.2. The van der Waals surface area contributed by atoms with Crippen molar-refractivity contribution >= 4 is 17.6 Å². The van der Waals surface area contributed by atoms with E-state index in [-0.39, 0.29) is 28.6 Å². The third-order valence-electron chi connectivity index (χ3n) is 8.32. The van der Waals surface area contributed by atoms with E-state index in [1.165, 1.54) is 33.4 Å². The van der Waals surface area contributed by atoms with Gasteiger partial charge in [-0.1, -0.05) is 105 Å². The summed E-state index contributed by atoms with van der Waals surface area (Å²) in [6, 6.07) is 15.0. The quantitative estimate of drug-likeness (QED) is 0.268. The van der Waals surface area contributed by atoms with Crippen LogP contribution in [-0.4, -0.2) is 23.2 Å². The number of rotatable bonds is 0. The topological polar surface area (TPSA) is 56.3 Å². The van der Waals surface area contributed by atoms with E-state index in [1.807, 2.05) is 12.3 Å². The second-order valence-corrected chi connectivity index (χ2v) is 15.2. The number of carbonyl (C=O) groups is 2. The van der Waals surface area contributed by atoms with Crippen molar-refractivity contribution in [1.29, 1.82) is 0 Å². The number of benzene rings is 2. The van der Waals surface area contributed by atoms with Crippen molar-refractivity contribution in [3.05, 3.63) is 99.4 Å². The maximum absolute atomic E-state index is 11.4. The maximum Gasteiger partial charge on any atom is 0.174 e. The summed E-state index contributed by atoms with van der Waals surface area (Å²) in [5.74, 6) is 1.41. The molecule has 4 nitrogen and oxygen atoms in total. The number of nitrogens with zero attached hydrogens (tertiary/aromatic N) is 1. The van der Waals surface area contributed by atoms with Gasteiger partial charge in [-0.05, 0) is 74.6 Å². The molecule has 4 heteroatoms. The number of aromatic nitrogens is 1. The van der Waals surface area contributed by atoms with Crippen LogP contribution in [0.1, 0.15) is 113 Å². The molecule has 0 amide bonds. The first-order chi connectivity index (χ1) is 20.0. The lowest BCUT2D eigenvalue weighted by Gasteiger charge is -2.23. The van der Waals surface area contributed by atoms with Gasteiger partial charge >= 0.3 is 0 Å². The number of aryl methyl sites for hydroxylation is 1. The van der Waals surface area contributed by atoms with Gasteiger partial charge in [0.1, 0.15) is 18.1 Å². The van der Waals surface area contributed by atoms with Gasteiger partial charge in [0.15, 0.2) is 5.78 Å². The molecule has 1 aliphatic heterocycles. The van der Waals surface area contributed by atoms with Crippen LogP contribution in [0.5, 0.6) is 5.75 Å². The van der Waals surface area contributed by atoms with Gasteiger partial charge in [0.2, 0.25) is 0 Å². The van der Waals surface area contributed by atoms with Crippen LogP contribution >= 0.6 is 0 Å². The van der Waals surface area contributed by atoms with E-state index in [4.69, 9.17) is 4.74 Å². The van der Waals surface area contributed by atoms with E-state index < -0.39 is 0 Å². The third-order valence-corrected chi connectivity index (χ3v) is 8.32. The Morgan fingerprint density at radius 1 is 0.628 bits per heavy atom. The van der Waals surface area contributed by atoms with E-state index in [1.54, 1.807) is 0 Å². The fourth-order valence-electron chi connectivity index (χ4n) is 5.36. The SMILES string of the molecule is CC(C)(C)c1ccc2c(c1)CC(=O)CC2.CC(C)(C)c1ccc2c(c1)CC(=O)CO2.CC(C)(C)c1cnc2c(c1)CC=C2. The normalized spacial score (nSPS) is 15.7. The van der Waals surface area contributed by atoms with E-state index in [0.29, 0.717) is 18.6 Å². The van der Waals surface area contributed by atoms with Gasteiger partial charge in [0.05, 0.1) is 5.69 Å². The number of Topliss-reactive ketones (excluding diaryl/α,β-unsaturated/α-hetero) is 2. The van der Waals surface area contributed by atoms with Crippen LogP contribution in [0.4, 0.5) is 0 Å². The molecule has 0 atom stereocenters. The molecule has 0 saturated carbocycles. The van der Waals surface area contributed by atoms with Crippen LogP contribution in [0.15, 0.2) is 54.7 Å². The highest BCUT2D eigenvalue weighted by atomic mass is 16.5. The van der Waals surface area contributed by atoms with Crippen molar-refractivity contribution in [2.24, 2.45) is 0 Å². The van der Waals surface area contributed by atoms with Crippen LogP contribution < -0.4 is 4.74 Å². The first-order valence-electron chi connectivity index (χ1n) is 15.6. The van der Waals surface area contributed by atoms with Crippen molar-refractivity contribution in [3.8, 4) is 5.75 Å². The molecule has 0 N–H and O–H groups in total. The number of fused-ring (bicyclic) bond motifs is 3. The molecule has 2 heterocycles. The van der Waals surface area contributed by atoms with Gasteiger partial charge in [0, 0.05) is 31.0 Å². The number of pyridine rings is 1. The lowest BCUT2D eigenvalue weighted by molar-refractivity contribution is -0.121. The highest BCUT2D eigenvalue weighted by Crippen LogP contribution is 2.31. The first kappa shape index (κ1) is 32.4. The van der Waals surface area contributed by atoms with Gasteiger partial charge in [-0.25, -0.2) is 0 Å². The number of allylic oxidation sites excluding steroid dienone is 1.